The van der Waals surface area contributed by atoms with Gasteiger partial charge < -0.3 is 35.5 Å². The van der Waals surface area contributed by atoms with Gasteiger partial charge in [0, 0.05) is 31.2 Å². The second kappa shape index (κ2) is 10.6. The number of carbonyl (C=O) groups is 1. The Morgan fingerprint density at radius 1 is 1.21 bits per heavy atom. The number of aromatic amines is 1. The van der Waals surface area contributed by atoms with Gasteiger partial charge in [-0.2, -0.15) is 9.97 Å². The molecule has 5 rings (SSSR count). The first-order chi connectivity index (χ1) is 18.8. The van der Waals surface area contributed by atoms with Gasteiger partial charge in [0.1, 0.15) is 23.0 Å². The molecule has 4 N–H and O–H groups in total. The summed E-state index contributed by atoms with van der Waals surface area (Å²) in [7, 11) is 7.03. The summed E-state index contributed by atoms with van der Waals surface area (Å²) in [6.07, 6.45) is 2.51. The molecule has 0 fully saturated rings. The minimum atomic E-state index is -0.409. The first-order valence-corrected chi connectivity index (χ1v) is 12.5. The maximum atomic E-state index is 14.7. The van der Waals surface area contributed by atoms with Crippen LogP contribution >= 0.6 is 0 Å². The molecule has 202 valence electrons. The van der Waals surface area contributed by atoms with E-state index in [4.69, 9.17) is 9.72 Å². The third-order valence-corrected chi connectivity index (χ3v) is 6.58. The molecule has 0 saturated heterocycles. The van der Waals surface area contributed by atoms with Crippen LogP contribution < -0.4 is 25.6 Å². The van der Waals surface area contributed by atoms with Crippen molar-refractivity contribution in [2.24, 2.45) is 0 Å². The molecule has 2 aromatic heterocycles. The van der Waals surface area contributed by atoms with E-state index in [1.807, 2.05) is 37.2 Å². The van der Waals surface area contributed by atoms with Gasteiger partial charge in [-0.15, -0.1) is 0 Å². The molecule has 0 aliphatic carbocycles. The van der Waals surface area contributed by atoms with E-state index in [2.05, 4.69) is 32.5 Å². The van der Waals surface area contributed by atoms with E-state index in [0.29, 0.717) is 58.9 Å². The number of amides is 1. The lowest BCUT2D eigenvalue weighted by Gasteiger charge is -2.21. The normalized spacial score (nSPS) is 12.5. The molecule has 1 aliphatic rings. The van der Waals surface area contributed by atoms with Crippen LogP contribution in [0.15, 0.2) is 49.2 Å². The van der Waals surface area contributed by atoms with Crippen molar-refractivity contribution in [3.05, 3.63) is 66.1 Å². The summed E-state index contributed by atoms with van der Waals surface area (Å²) in [4.78, 5) is 29.0. The van der Waals surface area contributed by atoms with Gasteiger partial charge in [-0.3, -0.25) is 4.79 Å². The van der Waals surface area contributed by atoms with E-state index >= 15 is 0 Å². The lowest BCUT2D eigenvalue weighted by molar-refractivity contribution is -0.119. The van der Waals surface area contributed by atoms with Gasteiger partial charge in [0.15, 0.2) is 0 Å². The predicted molar refractivity (Wildman–Crippen MR) is 153 cm³/mol. The number of methoxy groups -OCH3 is 1. The van der Waals surface area contributed by atoms with Crippen molar-refractivity contribution >= 4 is 51.5 Å². The number of anilines is 5. The fourth-order valence-electron chi connectivity index (χ4n) is 4.70. The Morgan fingerprint density at radius 3 is 2.77 bits per heavy atom. The average Bonchev–Trinajstić information content (AvgIpc) is 3.54. The monoisotopic (exact) mass is 530 g/mol. The fourth-order valence-corrected chi connectivity index (χ4v) is 4.70. The van der Waals surface area contributed by atoms with Crippen molar-refractivity contribution < 1.29 is 13.9 Å². The Morgan fingerprint density at radius 2 is 2.03 bits per heavy atom. The summed E-state index contributed by atoms with van der Waals surface area (Å²) in [5.41, 5.74) is 4.34. The molecular weight excluding hydrogens is 499 g/mol. The largest absolute Gasteiger partial charge is 0.495 e. The maximum Gasteiger partial charge on any atom is 0.241 e. The summed E-state index contributed by atoms with van der Waals surface area (Å²) < 4.78 is 20.4. The summed E-state index contributed by atoms with van der Waals surface area (Å²) in [5.74, 6) is 0.994. The number of nitrogens with zero attached hydrogens (tertiary/aromatic N) is 4. The van der Waals surface area contributed by atoms with E-state index in [0.717, 1.165) is 23.1 Å². The predicted octanol–water partition coefficient (Wildman–Crippen LogP) is 4.23. The van der Waals surface area contributed by atoms with Gasteiger partial charge in [-0.05, 0) is 56.4 Å². The third-order valence-electron chi connectivity index (χ3n) is 6.58. The Balaban J connectivity index is 1.52. The molecule has 1 aliphatic heterocycles. The molecule has 0 atom stereocenters. The van der Waals surface area contributed by atoms with Gasteiger partial charge in [0.2, 0.25) is 11.9 Å². The van der Waals surface area contributed by atoms with Crippen molar-refractivity contribution in [2.75, 3.05) is 56.9 Å². The van der Waals surface area contributed by atoms with Crippen molar-refractivity contribution in [1.29, 1.82) is 0 Å². The van der Waals surface area contributed by atoms with Crippen LogP contribution in [0, 0.1) is 5.82 Å². The lowest BCUT2D eigenvalue weighted by Crippen LogP contribution is -2.36. The third kappa shape index (κ3) is 5.08. The van der Waals surface area contributed by atoms with Crippen LogP contribution in [0.4, 0.5) is 33.2 Å². The van der Waals surface area contributed by atoms with Crippen LogP contribution in [0.25, 0.3) is 16.7 Å². The quantitative estimate of drug-likeness (QED) is 0.255. The molecule has 3 heterocycles. The highest BCUT2D eigenvalue weighted by atomic mass is 19.1. The number of aromatic nitrogens is 3. The summed E-state index contributed by atoms with van der Waals surface area (Å²) >= 11 is 0. The average molecular weight is 531 g/mol. The Labute approximate surface area is 225 Å². The van der Waals surface area contributed by atoms with E-state index in [9.17, 15) is 9.18 Å². The highest BCUT2D eigenvalue weighted by molar-refractivity contribution is 5.98. The van der Waals surface area contributed by atoms with Crippen molar-refractivity contribution in [2.45, 2.75) is 6.42 Å². The minimum Gasteiger partial charge on any atom is -0.495 e. The SMILES string of the molecule is C=C(NC)c1c(F)cccc1Nc1nc(Nc2cc3c(cc2OC)CCN3C(=O)CN(C)C)nc2[nH]ccc12. The molecule has 2 aromatic carbocycles. The topological polar surface area (TPSA) is 110 Å². The molecule has 0 radical (unpaired) electrons. The van der Waals surface area contributed by atoms with E-state index in [-0.39, 0.29) is 5.91 Å². The molecule has 0 saturated carbocycles. The Bertz CT molecular complexity index is 1560. The van der Waals surface area contributed by atoms with Crippen LogP contribution in [-0.4, -0.2) is 67.1 Å². The Hall–Kier alpha value is -4.64. The molecule has 39 heavy (non-hydrogen) atoms. The van der Waals surface area contributed by atoms with Gasteiger partial charge in [0.05, 0.1) is 36.0 Å². The molecule has 10 nitrogen and oxygen atoms in total. The van der Waals surface area contributed by atoms with Crippen LogP contribution in [0.2, 0.25) is 0 Å². The molecular formula is C28H31FN8O2. The number of likely N-dealkylation sites (N-methyl/N-ethyl adjacent to an activating group) is 1. The standard InChI is InChI=1S/C28H31FN8O2/c1-16(30-2)25-19(29)7-6-8-20(25)32-27-18-9-11-31-26(18)34-28(35-27)33-21-14-22-17(13-23(21)39-5)10-12-37(22)24(38)15-36(3)4/h6-9,11,13-14,30H,1,10,12,15H2,2-5H3,(H3,31,32,33,34,35). The maximum absolute atomic E-state index is 14.7. The zero-order valence-electron chi connectivity index (χ0n) is 22.4. The molecule has 1 amide bonds. The number of rotatable bonds is 9. The van der Waals surface area contributed by atoms with Crippen LogP contribution in [-0.2, 0) is 11.2 Å². The number of hydrogen-bond donors (Lipinski definition) is 4. The van der Waals surface area contributed by atoms with E-state index in [1.54, 1.807) is 37.4 Å². The van der Waals surface area contributed by atoms with Gasteiger partial charge in [-0.1, -0.05) is 12.6 Å². The number of nitrogens with one attached hydrogen (secondary N) is 4. The van der Waals surface area contributed by atoms with Gasteiger partial charge in [-0.25, -0.2) is 4.39 Å². The summed E-state index contributed by atoms with van der Waals surface area (Å²) in [6, 6.07) is 10.4. The summed E-state index contributed by atoms with van der Waals surface area (Å²) in [6.45, 7) is 4.86. The van der Waals surface area contributed by atoms with Crippen LogP contribution in [0.1, 0.15) is 11.1 Å². The molecule has 0 spiro atoms. The van der Waals surface area contributed by atoms with Crippen molar-refractivity contribution in [3.63, 3.8) is 0 Å². The first-order valence-electron chi connectivity index (χ1n) is 12.5. The smallest absolute Gasteiger partial charge is 0.241 e. The van der Waals surface area contributed by atoms with Crippen LogP contribution in [0.5, 0.6) is 5.75 Å². The Kier molecular flexibility index (Phi) is 7.07. The van der Waals surface area contributed by atoms with E-state index < -0.39 is 5.82 Å². The number of H-pyrrole nitrogens is 1. The summed E-state index contributed by atoms with van der Waals surface area (Å²) in [5, 5.41) is 10.2. The number of hydrogen-bond acceptors (Lipinski definition) is 8. The van der Waals surface area contributed by atoms with Crippen LogP contribution in [0.3, 0.4) is 0 Å². The minimum absolute atomic E-state index is 0.0273. The fraction of sp³-hybridized carbons (Fsp3) is 0.250. The van der Waals surface area contributed by atoms with E-state index in [1.165, 1.54) is 6.07 Å². The molecule has 0 unspecified atom stereocenters. The highest BCUT2D eigenvalue weighted by Crippen LogP contribution is 2.39. The van der Waals surface area contributed by atoms with Crippen molar-refractivity contribution in [3.8, 4) is 5.75 Å². The molecule has 11 heteroatoms. The number of ether oxygens (including phenoxy) is 1. The molecule has 0 bridgehead atoms. The lowest BCUT2D eigenvalue weighted by atomic mass is 10.1. The number of carbonyl (C=O) groups excluding carboxylic acids is 1. The molecule has 4 aromatic rings. The number of halogens is 1. The van der Waals surface area contributed by atoms with Gasteiger partial charge >= 0.3 is 0 Å². The van der Waals surface area contributed by atoms with Crippen molar-refractivity contribution in [1.82, 2.24) is 25.2 Å². The zero-order valence-corrected chi connectivity index (χ0v) is 22.4. The number of fused-ring (bicyclic) bond motifs is 2. The zero-order chi connectivity index (χ0) is 27.7. The number of benzene rings is 2. The second-order valence-electron chi connectivity index (χ2n) is 9.49. The highest BCUT2D eigenvalue weighted by Gasteiger charge is 2.27. The van der Waals surface area contributed by atoms with Gasteiger partial charge in [0.25, 0.3) is 0 Å². The first kappa shape index (κ1) is 26.0. The second-order valence-corrected chi connectivity index (χ2v) is 9.49.